The third-order valence-electron chi connectivity index (χ3n) is 6.31. The number of rotatable bonds is 2. The molecule has 0 unspecified atom stereocenters. The van der Waals surface area contributed by atoms with Gasteiger partial charge in [0.25, 0.3) is 0 Å². The number of hydrogen-bond acceptors (Lipinski definition) is 3. The quantitative estimate of drug-likeness (QED) is 0.833. The number of allylic oxidation sites excluding steroid dienone is 5. The number of carbonyl (C=O) groups is 2. The third-order valence-corrected chi connectivity index (χ3v) is 6.31. The summed E-state index contributed by atoms with van der Waals surface area (Å²) in [6.07, 6.45) is 5.87. The normalized spacial score (nSPS) is 27.8. The molecule has 0 radical (unpaired) electrons. The van der Waals surface area contributed by atoms with E-state index in [0.717, 1.165) is 21.9 Å². The number of carbonyl (C=O) groups excluding carboxylic acids is 2. The number of ketones is 2. The van der Waals surface area contributed by atoms with Gasteiger partial charge in [-0.25, -0.2) is 0 Å². The van der Waals surface area contributed by atoms with Crippen LogP contribution in [0, 0.1) is 11.3 Å². The van der Waals surface area contributed by atoms with Crippen LogP contribution in [0.1, 0.15) is 31.7 Å². The molecular weight excluding hydrogens is 336 g/mol. The molecule has 0 fully saturated rings. The molecule has 4 rings (SSSR count). The van der Waals surface area contributed by atoms with Gasteiger partial charge >= 0.3 is 0 Å². The maximum Gasteiger partial charge on any atom is 0.163 e. The molecule has 2 aliphatic rings. The molecule has 1 N–H and O–H groups in total. The zero-order valence-corrected chi connectivity index (χ0v) is 15.5. The highest BCUT2D eigenvalue weighted by Gasteiger charge is 2.54. The van der Waals surface area contributed by atoms with Crippen molar-refractivity contribution in [3.05, 3.63) is 77.9 Å². The van der Waals surface area contributed by atoms with Crippen molar-refractivity contribution in [2.75, 3.05) is 0 Å². The van der Waals surface area contributed by atoms with Crippen molar-refractivity contribution in [2.45, 2.75) is 26.2 Å². The molecule has 2 aromatic rings. The van der Waals surface area contributed by atoms with Crippen molar-refractivity contribution in [3.8, 4) is 5.75 Å². The Balaban J connectivity index is 2.03. The van der Waals surface area contributed by atoms with Crippen molar-refractivity contribution in [2.24, 2.45) is 11.3 Å². The molecule has 3 atom stereocenters. The topological polar surface area (TPSA) is 54.4 Å². The van der Waals surface area contributed by atoms with E-state index < -0.39 is 5.41 Å². The van der Waals surface area contributed by atoms with Crippen LogP contribution in [-0.4, -0.2) is 16.7 Å². The number of fused-ring (bicyclic) bond motifs is 2. The Morgan fingerprint density at radius 3 is 2.56 bits per heavy atom. The summed E-state index contributed by atoms with van der Waals surface area (Å²) in [5, 5.41) is 11.9. The van der Waals surface area contributed by atoms with Gasteiger partial charge in [0.1, 0.15) is 5.75 Å². The van der Waals surface area contributed by atoms with E-state index in [9.17, 15) is 14.7 Å². The number of Topliss-reactive ketones (excluding diaryl/α,β-unsaturated/α-hetero) is 1. The first-order chi connectivity index (χ1) is 12.9. The lowest BCUT2D eigenvalue weighted by molar-refractivity contribution is -0.137. The Kier molecular flexibility index (Phi) is 3.92. The van der Waals surface area contributed by atoms with Crippen LogP contribution in [0.3, 0.4) is 0 Å². The average molecular weight is 358 g/mol. The fourth-order valence-electron chi connectivity index (χ4n) is 4.82. The fraction of sp³-hybridized carbons (Fsp3) is 0.250. The van der Waals surface area contributed by atoms with Crippen molar-refractivity contribution in [1.82, 2.24) is 0 Å². The zero-order valence-electron chi connectivity index (χ0n) is 15.5. The Labute approximate surface area is 158 Å². The van der Waals surface area contributed by atoms with E-state index in [-0.39, 0.29) is 29.2 Å². The van der Waals surface area contributed by atoms with Crippen molar-refractivity contribution >= 4 is 22.3 Å². The lowest BCUT2D eigenvalue weighted by Gasteiger charge is -2.47. The van der Waals surface area contributed by atoms with Gasteiger partial charge in [-0.1, -0.05) is 56.0 Å². The van der Waals surface area contributed by atoms with Crippen LogP contribution in [0.25, 0.3) is 10.8 Å². The molecule has 0 amide bonds. The minimum atomic E-state index is -0.866. The van der Waals surface area contributed by atoms with Gasteiger partial charge in [0.05, 0.1) is 5.41 Å². The summed E-state index contributed by atoms with van der Waals surface area (Å²) in [5.41, 5.74) is 1.57. The van der Waals surface area contributed by atoms with Crippen LogP contribution in [0.15, 0.2) is 72.4 Å². The largest absolute Gasteiger partial charge is 0.507 e. The Morgan fingerprint density at radius 1 is 1.15 bits per heavy atom. The van der Waals surface area contributed by atoms with Gasteiger partial charge in [0.2, 0.25) is 0 Å². The standard InChI is InChI=1S/C24H22O3/c1-4-15-9-11-19-23(27)14(2)13-21(26)24(19,3)22(15)18-10-12-20(25)17-8-6-5-7-16(17)18/h4-10,12-13,19,22,25H,1,11H2,2-3H3/t19-,22+,24-/m0/s1. The molecule has 27 heavy (non-hydrogen) atoms. The van der Waals surface area contributed by atoms with Crippen LogP contribution in [0.2, 0.25) is 0 Å². The van der Waals surface area contributed by atoms with Crippen LogP contribution in [-0.2, 0) is 9.59 Å². The van der Waals surface area contributed by atoms with E-state index in [1.807, 2.05) is 43.3 Å². The fourth-order valence-corrected chi connectivity index (χ4v) is 4.82. The first-order valence-corrected chi connectivity index (χ1v) is 9.19. The highest BCUT2D eigenvalue weighted by molar-refractivity contribution is 6.13. The Morgan fingerprint density at radius 2 is 1.85 bits per heavy atom. The number of phenolic OH excluding ortho intramolecular Hbond substituents is 1. The summed E-state index contributed by atoms with van der Waals surface area (Å²) in [7, 11) is 0. The minimum absolute atomic E-state index is 0.0146. The molecule has 0 aliphatic heterocycles. The van der Waals surface area contributed by atoms with E-state index >= 15 is 0 Å². The van der Waals surface area contributed by atoms with Gasteiger partial charge in [0.15, 0.2) is 11.6 Å². The van der Waals surface area contributed by atoms with Gasteiger partial charge in [0, 0.05) is 17.2 Å². The highest BCUT2D eigenvalue weighted by atomic mass is 16.3. The van der Waals surface area contributed by atoms with Crippen molar-refractivity contribution < 1.29 is 14.7 Å². The van der Waals surface area contributed by atoms with Crippen molar-refractivity contribution in [1.29, 1.82) is 0 Å². The minimum Gasteiger partial charge on any atom is -0.507 e. The van der Waals surface area contributed by atoms with E-state index in [1.54, 1.807) is 19.1 Å². The summed E-state index contributed by atoms with van der Waals surface area (Å²) in [4.78, 5) is 26.1. The van der Waals surface area contributed by atoms with Crippen LogP contribution in [0.5, 0.6) is 5.75 Å². The molecule has 0 heterocycles. The predicted molar refractivity (Wildman–Crippen MR) is 107 cm³/mol. The SMILES string of the molecule is C=CC1=CC[C@H]2C(=O)C(C)=CC(=O)[C@@]2(C)[C@H]1c1ccc(O)c2ccccc12. The van der Waals surface area contributed by atoms with Gasteiger partial charge in [-0.05, 0) is 47.6 Å². The van der Waals surface area contributed by atoms with Crippen LogP contribution in [0.4, 0.5) is 0 Å². The lowest BCUT2D eigenvalue weighted by atomic mass is 9.53. The summed E-state index contributed by atoms with van der Waals surface area (Å²) in [6, 6.07) is 11.2. The van der Waals surface area contributed by atoms with Crippen molar-refractivity contribution in [3.63, 3.8) is 0 Å². The van der Waals surface area contributed by atoms with E-state index in [1.165, 1.54) is 6.08 Å². The highest BCUT2D eigenvalue weighted by Crippen LogP contribution is 2.55. The molecule has 0 bridgehead atoms. The number of aromatic hydroxyl groups is 1. The first kappa shape index (κ1) is 17.5. The summed E-state index contributed by atoms with van der Waals surface area (Å²) in [6.45, 7) is 7.58. The second kappa shape index (κ2) is 6.05. The molecule has 3 heteroatoms. The van der Waals surface area contributed by atoms with E-state index in [0.29, 0.717) is 12.0 Å². The molecular formula is C24H22O3. The smallest absolute Gasteiger partial charge is 0.163 e. The Hall–Kier alpha value is -2.94. The maximum absolute atomic E-state index is 13.2. The second-order valence-electron chi connectivity index (χ2n) is 7.69. The number of hydrogen-bond donors (Lipinski definition) is 1. The van der Waals surface area contributed by atoms with E-state index in [2.05, 4.69) is 6.58 Å². The molecule has 2 aromatic carbocycles. The zero-order chi connectivity index (χ0) is 19.3. The second-order valence-corrected chi connectivity index (χ2v) is 7.69. The summed E-state index contributed by atoms with van der Waals surface area (Å²) in [5.74, 6) is -0.433. The van der Waals surface area contributed by atoms with Gasteiger partial charge in [-0.15, -0.1) is 0 Å². The molecule has 0 spiro atoms. The summed E-state index contributed by atoms with van der Waals surface area (Å²) < 4.78 is 0. The maximum atomic E-state index is 13.2. The number of phenols is 1. The predicted octanol–water partition coefficient (Wildman–Crippen LogP) is 4.87. The lowest BCUT2D eigenvalue weighted by Crippen LogP contribution is -2.49. The average Bonchev–Trinajstić information content (AvgIpc) is 2.67. The first-order valence-electron chi connectivity index (χ1n) is 9.19. The van der Waals surface area contributed by atoms with E-state index in [4.69, 9.17) is 0 Å². The number of benzene rings is 2. The van der Waals surface area contributed by atoms with Gasteiger partial charge in [-0.3, -0.25) is 9.59 Å². The van der Waals surface area contributed by atoms with Crippen LogP contribution < -0.4 is 0 Å². The molecule has 3 nitrogen and oxygen atoms in total. The molecule has 0 saturated carbocycles. The third kappa shape index (κ3) is 2.34. The molecule has 2 aliphatic carbocycles. The Bertz CT molecular complexity index is 1060. The van der Waals surface area contributed by atoms with Gasteiger partial charge < -0.3 is 5.11 Å². The van der Waals surface area contributed by atoms with Gasteiger partial charge in [-0.2, -0.15) is 0 Å². The molecule has 0 aromatic heterocycles. The summed E-state index contributed by atoms with van der Waals surface area (Å²) >= 11 is 0. The molecule has 136 valence electrons. The molecule has 0 saturated heterocycles. The monoisotopic (exact) mass is 358 g/mol. The van der Waals surface area contributed by atoms with Crippen LogP contribution >= 0.6 is 0 Å².